The van der Waals surface area contributed by atoms with Crippen molar-refractivity contribution in [2.45, 2.75) is 31.8 Å². The predicted molar refractivity (Wildman–Crippen MR) is 101 cm³/mol. The molecule has 0 saturated heterocycles. The molecule has 1 atom stereocenters. The Labute approximate surface area is 162 Å². The number of phenols is 1. The quantitative estimate of drug-likeness (QED) is 0.680. The van der Waals surface area contributed by atoms with E-state index >= 15 is 0 Å². The Hall–Kier alpha value is -3.35. The van der Waals surface area contributed by atoms with E-state index in [1.807, 2.05) is 12.1 Å². The number of nitrogens with one attached hydrogen (secondary N) is 1. The van der Waals surface area contributed by atoms with E-state index in [0.29, 0.717) is 31.4 Å². The topological polar surface area (TPSA) is 113 Å². The van der Waals surface area contributed by atoms with Gasteiger partial charge in [-0.2, -0.15) is 0 Å². The van der Waals surface area contributed by atoms with E-state index in [2.05, 4.69) is 5.32 Å². The van der Waals surface area contributed by atoms with Crippen molar-refractivity contribution in [3.8, 4) is 5.75 Å². The minimum absolute atomic E-state index is 0.221. The molecule has 0 spiro atoms. The van der Waals surface area contributed by atoms with E-state index in [4.69, 9.17) is 5.73 Å². The Kier molecular flexibility index (Phi) is 4.50. The second kappa shape index (κ2) is 6.99. The summed E-state index contributed by atoms with van der Waals surface area (Å²) >= 11 is 0. The van der Waals surface area contributed by atoms with Gasteiger partial charge in [-0.15, -0.1) is 0 Å². The summed E-state index contributed by atoms with van der Waals surface area (Å²) in [5.74, 6) is -1.52. The molecule has 2 aromatic carbocycles. The number of primary amides is 1. The van der Waals surface area contributed by atoms with Crippen LogP contribution in [0, 0.1) is 0 Å². The highest BCUT2D eigenvalue weighted by Crippen LogP contribution is 2.36. The van der Waals surface area contributed by atoms with Gasteiger partial charge in [0.05, 0.1) is 6.04 Å². The van der Waals surface area contributed by atoms with Gasteiger partial charge in [0.15, 0.2) is 0 Å². The summed E-state index contributed by atoms with van der Waals surface area (Å²) in [6, 6.07) is 10.2. The number of phenolic OH excluding ortho intramolecular Hbond substituents is 1. The number of benzene rings is 2. The number of aromatic hydroxyl groups is 1. The fourth-order valence-electron chi connectivity index (χ4n) is 4.16. The number of nitrogens with two attached hydrogens (primary N) is 1. The Balaban J connectivity index is 1.46. The summed E-state index contributed by atoms with van der Waals surface area (Å²) in [5.41, 5.74) is 9.25. The molecule has 0 aromatic heterocycles. The first-order valence-electron chi connectivity index (χ1n) is 9.27. The second-order valence-corrected chi connectivity index (χ2v) is 7.19. The number of nitrogens with zero attached hydrogens (tertiary/aromatic N) is 1. The number of hydrogen-bond donors (Lipinski definition) is 3. The number of fused-ring (bicyclic) bond motifs is 2. The van der Waals surface area contributed by atoms with Gasteiger partial charge < -0.3 is 21.1 Å². The van der Waals surface area contributed by atoms with Gasteiger partial charge in [-0.1, -0.05) is 24.3 Å². The van der Waals surface area contributed by atoms with Crippen LogP contribution in [0.25, 0.3) is 0 Å². The van der Waals surface area contributed by atoms with Crippen LogP contribution in [-0.4, -0.2) is 34.3 Å². The summed E-state index contributed by atoms with van der Waals surface area (Å²) in [6.07, 6.45) is 1.79. The van der Waals surface area contributed by atoms with Gasteiger partial charge >= 0.3 is 11.8 Å². The molecule has 0 fully saturated rings. The fourth-order valence-corrected chi connectivity index (χ4v) is 4.16. The van der Waals surface area contributed by atoms with Crippen molar-refractivity contribution < 1.29 is 19.5 Å². The third-order valence-corrected chi connectivity index (χ3v) is 5.56. The van der Waals surface area contributed by atoms with E-state index in [-0.39, 0.29) is 18.3 Å². The molecule has 28 heavy (non-hydrogen) atoms. The summed E-state index contributed by atoms with van der Waals surface area (Å²) in [5, 5.41) is 12.7. The lowest BCUT2D eigenvalue weighted by molar-refractivity contribution is -0.146. The lowest BCUT2D eigenvalue weighted by atomic mass is 9.94. The SMILES string of the molecule is NC(=O)c1cccc2c1CCN(C(=O)C(=O)NC1CCc3c(O)cccc31)C2. The molecule has 1 aliphatic carbocycles. The molecule has 1 unspecified atom stereocenters. The molecule has 3 amide bonds. The molecule has 1 heterocycles. The van der Waals surface area contributed by atoms with E-state index in [9.17, 15) is 19.5 Å². The molecule has 2 aromatic rings. The number of rotatable bonds is 2. The minimum atomic E-state index is -0.657. The average molecular weight is 379 g/mol. The summed E-state index contributed by atoms with van der Waals surface area (Å²) in [7, 11) is 0. The Bertz CT molecular complexity index is 986. The maximum absolute atomic E-state index is 12.7. The van der Waals surface area contributed by atoms with Gasteiger partial charge in [-0.25, -0.2) is 0 Å². The first-order chi connectivity index (χ1) is 13.5. The van der Waals surface area contributed by atoms with Crippen LogP contribution in [-0.2, 0) is 29.0 Å². The molecule has 1 aliphatic heterocycles. The molecule has 2 aliphatic rings. The van der Waals surface area contributed by atoms with Crippen molar-refractivity contribution in [3.05, 3.63) is 64.2 Å². The van der Waals surface area contributed by atoms with Crippen molar-refractivity contribution in [2.24, 2.45) is 5.73 Å². The Morgan fingerprint density at radius 2 is 1.86 bits per heavy atom. The molecular formula is C21H21N3O4. The molecule has 144 valence electrons. The predicted octanol–water partition coefficient (Wildman–Crippen LogP) is 1.18. The molecule has 7 heteroatoms. The maximum Gasteiger partial charge on any atom is 0.312 e. The zero-order valence-corrected chi connectivity index (χ0v) is 15.3. The second-order valence-electron chi connectivity index (χ2n) is 7.19. The Morgan fingerprint density at radius 3 is 2.64 bits per heavy atom. The van der Waals surface area contributed by atoms with Crippen LogP contribution >= 0.6 is 0 Å². The zero-order chi connectivity index (χ0) is 19.8. The van der Waals surface area contributed by atoms with E-state index < -0.39 is 17.7 Å². The summed E-state index contributed by atoms with van der Waals surface area (Å²) < 4.78 is 0. The first-order valence-corrected chi connectivity index (χ1v) is 9.27. The van der Waals surface area contributed by atoms with Crippen LogP contribution in [0.2, 0.25) is 0 Å². The average Bonchev–Trinajstić information content (AvgIpc) is 3.10. The smallest absolute Gasteiger partial charge is 0.312 e. The summed E-state index contributed by atoms with van der Waals surface area (Å²) in [4.78, 5) is 38.3. The van der Waals surface area contributed by atoms with E-state index in [1.54, 1.807) is 24.3 Å². The molecule has 0 bridgehead atoms. The minimum Gasteiger partial charge on any atom is -0.508 e. The fraction of sp³-hybridized carbons (Fsp3) is 0.286. The number of carbonyl (C=O) groups is 3. The van der Waals surface area contributed by atoms with E-state index in [0.717, 1.165) is 22.3 Å². The first kappa shape index (κ1) is 18.0. The van der Waals surface area contributed by atoms with Crippen LogP contribution in [0.3, 0.4) is 0 Å². The lowest BCUT2D eigenvalue weighted by Gasteiger charge is -2.29. The number of carbonyl (C=O) groups excluding carboxylic acids is 3. The van der Waals surface area contributed by atoms with Crippen molar-refractivity contribution in [2.75, 3.05) is 6.54 Å². The number of amides is 3. The van der Waals surface area contributed by atoms with Crippen LogP contribution in [0.15, 0.2) is 36.4 Å². The molecular weight excluding hydrogens is 358 g/mol. The van der Waals surface area contributed by atoms with Crippen molar-refractivity contribution in [1.82, 2.24) is 10.2 Å². The molecule has 4 N–H and O–H groups in total. The largest absolute Gasteiger partial charge is 0.508 e. The van der Waals surface area contributed by atoms with Crippen LogP contribution < -0.4 is 11.1 Å². The van der Waals surface area contributed by atoms with Gasteiger partial charge in [0.1, 0.15) is 5.75 Å². The molecule has 4 rings (SSSR count). The van der Waals surface area contributed by atoms with Gasteiger partial charge in [-0.3, -0.25) is 14.4 Å². The molecule has 0 radical (unpaired) electrons. The normalized spacial score (nSPS) is 17.6. The third kappa shape index (κ3) is 3.09. The lowest BCUT2D eigenvalue weighted by Crippen LogP contribution is -2.46. The molecule has 0 saturated carbocycles. The summed E-state index contributed by atoms with van der Waals surface area (Å²) in [6.45, 7) is 0.621. The van der Waals surface area contributed by atoms with Gasteiger partial charge in [0, 0.05) is 18.7 Å². The molecule has 7 nitrogen and oxygen atoms in total. The van der Waals surface area contributed by atoms with Crippen molar-refractivity contribution in [3.63, 3.8) is 0 Å². The number of hydrogen-bond acceptors (Lipinski definition) is 4. The highest BCUT2D eigenvalue weighted by molar-refractivity contribution is 6.35. The third-order valence-electron chi connectivity index (χ3n) is 5.56. The standard InChI is InChI=1S/C21H21N3O4/c22-19(26)16-5-1-3-12-11-24(10-9-13(12)16)21(28)20(27)23-17-8-7-15-14(17)4-2-6-18(15)25/h1-6,17,25H,7-11H2,(H2,22,26)(H,23,27). The highest BCUT2D eigenvalue weighted by Gasteiger charge is 2.31. The van der Waals surface area contributed by atoms with Gasteiger partial charge in [-0.05, 0) is 53.6 Å². The van der Waals surface area contributed by atoms with Gasteiger partial charge in [0.2, 0.25) is 5.91 Å². The maximum atomic E-state index is 12.7. The van der Waals surface area contributed by atoms with Gasteiger partial charge in [0.25, 0.3) is 0 Å². The van der Waals surface area contributed by atoms with Crippen LogP contribution in [0.1, 0.15) is 45.1 Å². The Morgan fingerprint density at radius 1 is 1.07 bits per heavy atom. The monoisotopic (exact) mass is 379 g/mol. The van der Waals surface area contributed by atoms with Crippen molar-refractivity contribution >= 4 is 17.7 Å². The van der Waals surface area contributed by atoms with Crippen LogP contribution in [0.4, 0.5) is 0 Å². The van der Waals surface area contributed by atoms with Crippen LogP contribution in [0.5, 0.6) is 5.75 Å². The highest BCUT2D eigenvalue weighted by atomic mass is 16.3. The zero-order valence-electron chi connectivity index (χ0n) is 15.3. The van der Waals surface area contributed by atoms with E-state index in [1.165, 1.54) is 4.90 Å². The van der Waals surface area contributed by atoms with Crippen molar-refractivity contribution in [1.29, 1.82) is 0 Å².